The Bertz CT molecular complexity index is 376. The SMILES string of the molecule is C[C@@]1(O)C=C[C@H]2[C@H](O)[C@@H](O)CC[C@@H]2[C@H]1C(=O)CCO. The third kappa shape index (κ3) is 2.60. The molecule has 19 heavy (non-hydrogen) atoms. The van der Waals surface area contributed by atoms with Crippen molar-refractivity contribution >= 4 is 5.78 Å². The number of ketones is 1. The minimum atomic E-state index is -1.25. The van der Waals surface area contributed by atoms with Crippen LogP contribution in [0.1, 0.15) is 26.2 Å². The summed E-state index contributed by atoms with van der Waals surface area (Å²) in [5.74, 6) is -1.30. The van der Waals surface area contributed by atoms with Gasteiger partial charge in [-0.2, -0.15) is 0 Å². The van der Waals surface area contributed by atoms with E-state index in [2.05, 4.69) is 0 Å². The van der Waals surface area contributed by atoms with Gasteiger partial charge < -0.3 is 20.4 Å². The number of aliphatic hydroxyl groups is 4. The molecule has 0 aromatic rings. The Balaban J connectivity index is 2.30. The molecule has 1 fully saturated rings. The van der Waals surface area contributed by atoms with Gasteiger partial charge in [-0.15, -0.1) is 0 Å². The van der Waals surface area contributed by atoms with Crippen molar-refractivity contribution in [2.45, 2.75) is 44.0 Å². The number of carbonyl (C=O) groups excluding carboxylic acids is 1. The topological polar surface area (TPSA) is 98.0 Å². The number of fused-ring (bicyclic) bond motifs is 1. The third-order valence-electron chi connectivity index (χ3n) is 4.50. The van der Waals surface area contributed by atoms with Crippen LogP contribution in [0.5, 0.6) is 0 Å². The number of aliphatic hydroxyl groups excluding tert-OH is 3. The Morgan fingerprint density at radius 2 is 2.05 bits per heavy atom. The van der Waals surface area contributed by atoms with Crippen LogP contribution < -0.4 is 0 Å². The van der Waals surface area contributed by atoms with Crippen molar-refractivity contribution in [1.82, 2.24) is 0 Å². The van der Waals surface area contributed by atoms with E-state index in [0.717, 1.165) is 0 Å². The highest BCUT2D eigenvalue weighted by molar-refractivity contribution is 5.83. The predicted molar refractivity (Wildman–Crippen MR) is 68.2 cm³/mol. The van der Waals surface area contributed by atoms with Crippen molar-refractivity contribution in [1.29, 1.82) is 0 Å². The molecule has 0 unspecified atom stereocenters. The second-order valence-electron chi connectivity index (χ2n) is 5.88. The molecule has 0 spiro atoms. The normalized spacial score (nSPS) is 45.8. The van der Waals surface area contributed by atoms with Crippen molar-refractivity contribution in [2.24, 2.45) is 17.8 Å². The summed E-state index contributed by atoms with van der Waals surface area (Å²) in [6.45, 7) is 1.34. The summed E-state index contributed by atoms with van der Waals surface area (Å²) in [6.07, 6.45) is 2.60. The van der Waals surface area contributed by atoms with Gasteiger partial charge in [-0.1, -0.05) is 12.2 Å². The van der Waals surface area contributed by atoms with E-state index in [9.17, 15) is 20.1 Å². The minimum absolute atomic E-state index is 0.0104. The summed E-state index contributed by atoms with van der Waals surface area (Å²) < 4.78 is 0. The molecule has 0 saturated heterocycles. The highest BCUT2D eigenvalue weighted by Gasteiger charge is 2.50. The molecule has 0 aromatic carbocycles. The van der Waals surface area contributed by atoms with Crippen LogP contribution in [-0.2, 0) is 4.79 Å². The van der Waals surface area contributed by atoms with Gasteiger partial charge in [0.2, 0.25) is 0 Å². The van der Waals surface area contributed by atoms with Crippen LogP contribution in [0.2, 0.25) is 0 Å². The molecule has 2 aliphatic carbocycles. The molecule has 6 atom stereocenters. The lowest BCUT2D eigenvalue weighted by atomic mass is 9.60. The zero-order valence-corrected chi connectivity index (χ0v) is 11.1. The molecule has 0 amide bonds. The molecular weight excluding hydrogens is 248 g/mol. The molecule has 5 nitrogen and oxygen atoms in total. The van der Waals surface area contributed by atoms with Crippen molar-refractivity contribution in [3.05, 3.63) is 12.2 Å². The van der Waals surface area contributed by atoms with Gasteiger partial charge in [-0.3, -0.25) is 4.79 Å². The summed E-state index contributed by atoms with van der Waals surface area (Å²) in [5, 5.41) is 39.0. The molecule has 2 aliphatic rings. The Kier molecular flexibility index (Phi) is 4.11. The third-order valence-corrected chi connectivity index (χ3v) is 4.50. The van der Waals surface area contributed by atoms with E-state index in [-0.39, 0.29) is 30.6 Å². The van der Waals surface area contributed by atoms with Gasteiger partial charge in [-0.05, 0) is 25.7 Å². The molecule has 2 rings (SSSR count). The summed E-state index contributed by atoms with van der Waals surface area (Å²) in [5.41, 5.74) is -1.25. The van der Waals surface area contributed by atoms with E-state index in [1.807, 2.05) is 0 Å². The van der Waals surface area contributed by atoms with E-state index in [0.29, 0.717) is 12.8 Å². The van der Waals surface area contributed by atoms with Crippen LogP contribution in [0, 0.1) is 17.8 Å². The fourth-order valence-corrected chi connectivity index (χ4v) is 3.56. The highest BCUT2D eigenvalue weighted by Crippen LogP contribution is 2.45. The Morgan fingerprint density at radius 1 is 1.37 bits per heavy atom. The fourth-order valence-electron chi connectivity index (χ4n) is 3.56. The Hall–Kier alpha value is -0.750. The van der Waals surface area contributed by atoms with Crippen LogP contribution >= 0.6 is 0 Å². The first-order chi connectivity index (χ1) is 8.88. The van der Waals surface area contributed by atoms with Crippen molar-refractivity contribution in [3.8, 4) is 0 Å². The summed E-state index contributed by atoms with van der Waals surface area (Å²) in [4.78, 5) is 12.2. The van der Waals surface area contributed by atoms with E-state index in [1.165, 1.54) is 6.08 Å². The maximum absolute atomic E-state index is 12.2. The van der Waals surface area contributed by atoms with Crippen LogP contribution in [0.3, 0.4) is 0 Å². The largest absolute Gasteiger partial charge is 0.396 e. The van der Waals surface area contributed by atoms with E-state index >= 15 is 0 Å². The van der Waals surface area contributed by atoms with Gasteiger partial charge >= 0.3 is 0 Å². The molecule has 0 aliphatic heterocycles. The number of carbonyl (C=O) groups is 1. The van der Waals surface area contributed by atoms with Crippen LogP contribution in [-0.4, -0.2) is 50.6 Å². The number of hydrogen-bond donors (Lipinski definition) is 4. The van der Waals surface area contributed by atoms with Gasteiger partial charge in [0.15, 0.2) is 0 Å². The highest BCUT2D eigenvalue weighted by atomic mass is 16.3. The van der Waals surface area contributed by atoms with Gasteiger partial charge in [0.05, 0.1) is 23.7 Å². The molecule has 0 radical (unpaired) electrons. The van der Waals surface area contributed by atoms with Gasteiger partial charge in [0.1, 0.15) is 5.78 Å². The Morgan fingerprint density at radius 3 is 2.68 bits per heavy atom. The van der Waals surface area contributed by atoms with Crippen LogP contribution in [0.15, 0.2) is 12.2 Å². The molecule has 0 bridgehead atoms. The number of hydrogen-bond acceptors (Lipinski definition) is 5. The van der Waals surface area contributed by atoms with E-state index in [4.69, 9.17) is 5.11 Å². The maximum atomic E-state index is 12.2. The summed E-state index contributed by atoms with van der Waals surface area (Å²) >= 11 is 0. The minimum Gasteiger partial charge on any atom is -0.396 e. The standard InChI is InChI=1S/C14H22O5/c1-14(19)6-4-9-8(2-3-11(17)13(9)18)12(14)10(16)5-7-15/h4,6,8-9,11-13,15,17-19H,2-3,5,7H2,1H3/t8-,9+,11-,12-,13-,14+/m0/s1. The van der Waals surface area contributed by atoms with Gasteiger partial charge in [0, 0.05) is 18.9 Å². The quantitative estimate of drug-likeness (QED) is 0.524. The first-order valence-electron chi connectivity index (χ1n) is 6.80. The molecule has 4 N–H and O–H groups in total. The van der Waals surface area contributed by atoms with Gasteiger partial charge in [-0.25, -0.2) is 0 Å². The zero-order chi connectivity index (χ0) is 14.2. The van der Waals surface area contributed by atoms with E-state index in [1.54, 1.807) is 13.0 Å². The molecule has 108 valence electrons. The van der Waals surface area contributed by atoms with Crippen LogP contribution in [0.4, 0.5) is 0 Å². The molecule has 0 heterocycles. The monoisotopic (exact) mass is 270 g/mol. The second-order valence-corrected chi connectivity index (χ2v) is 5.88. The zero-order valence-electron chi connectivity index (χ0n) is 11.1. The first-order valence-corrected chi connectivity index (χ1v) is 6.80. The molecule has 0 aromatic heterocycles. The van der Waals surface area contributed by atoms with Crippen molar-refractivity contribution in [2.75, 3.05) is 6.61 Å². The van der Waals surface area contributed by atoms with Crippen molar-refractivity contribution in [3.63, 3.8) is 0 Å². The molecule has 5 heteroatoms. The first kappa shape index (κ1) is 14.7. The number of rotatable bonds is 3. The lowest BCUT2D eigenvalue weighted by Gasteiger charge is -2.47. The average molecular weight is 270 g/mol. The summed E-state index contributed by atoms with van der Waals surface area (Å²) in [7, 11) is 0. The predicted octanol–water partition coefficient (Wildman–Crippen LogP) is -0.377. The molecule has 1 saturated carbocycles. The lowest BCUT2D eigenvalue weighted by Crippen LogP contribution is -2.54. The number of Topliss-reactive ketones (excluding diaryl/α,β-unsaturated/α-hetero) is 1. The molecular formula is C14H22O5. The smallest absolute Gasteiger partial charge is 0.141 e. The van der Waals surface area contributed by atoms with Crippen LogP contribution in [0.25, 0.3) is 0 Å². The Labute approximate surface area is 112 Å². The van der Waals surface area contributed by atoms with Crippen molar-refractivity contribution < 1.29 is 25.2 Å². The second kappa shape index (κ2) is 5.32. The van der Waals surface area contributed by atoms with Gasteiger partial charge in [0.25, 0.3) is 0 Å². The van der Waals surface area contributed by atoms with E-state index < -0.39 is 23.7 Å². The summed E-state index contributed by atoms with van der Waals surface area (Å²) in [6, 6.07) is 0. The lowest BCUT2D eigenvalue weighted by molar-refractivity contribution is -0.142. The maximum Gasteiger partial charge on any atom is 0.141 e. The fraction of sp³-hybridized carbons (Fsp3) is 0.786. The average Bonchev–Trinajstić information content (AvgIpc) is 2.33.